The lowest BCUT2D eigenvalue weighted by molar-refractivity contribution is -0.142. The van der Waals surface area contributed by atoms with Crippen molar-refractivity contribution in [3.05, 3.63) is 82.5 Å². The third-order valence-electron chi connectivity index (χ3n) is 6.46. The number of pyridine rings is 1. The molecule has 0 N–H and O–H groups in total. The Morgan fingerprint density at radius 3 is 2.47 bits per heavy atom. The first-order chi connectivity index (χ1) is 16.3. The number of aromatic nitrogens is 3. The number of hydrogen-bond donors (Lipinski definition) is 0. The fraction of sp³-hybridized carbons (Fsp3) is 0.333. The smallest absolute Gasteiger partial charge is 0.437 e. The number of benzene rings is 1. The van der Waals surface area contributed by atoms with Gasteiger partial charge in [-0.1, -0.05) is 18.2 Å². The first-order valence-electron chi connectivity index (χ1n) is 10.9. The number of piperidine rings is 1. The number of ether oxygens (including phenoxy) is 1. The second kappa shape index (κ2) is 8.58. The highest BCUT2D eigenvalue weighted by atomic mass is 19.4. The van der Waals surface area contributed by atoms with Crippen LogP contribution < -0.4 is 10.3 Å². The summed E-state index contributed by atoms with van der Waals surface area (Å²) in [5.74, 6) is 0.0463. The van der Waals surface area contributed by atoms with Crippen LogP contribution in [0.4, 0.5) is 13.2 Å². The van der Waals surface area contributed by atoms with Crippen LogP contribution in [-0.2, 0) is 17.4 Å². The Labute approximate surface area is 192 Å². The molecule has 1 aliphatic heterocycles. The molecule has 5 rings (SSSR count). The maximum Gasteiger partial charge on any atom is 0.437 e. The van der Waals surface area contributed by atoms with Gasteiger partial charge in [0.2, 0.25) is 5.91 Å². The predicted octanol–water partition coefficient (Wildman–Crippen LogP) is 2.97. The van der Waals surface area contributed by atoms with Crippen molar-refractivity contribution in [2.45, 2.75) is 12.6 Å². The first-order valence-corrected chi connectivity index (χ1v) is 10.9. The van der Waals surface area contributed by atoms with Crippen LogP contribution in [0.15, 0.2) is 65.7 Å². The van der Waals surface area contributed by atoms with Crippen LogP contribution in [0.25, 0.3) is 5.69 Å². The Balaban J connectivity index is 1.17. The van der Waals surface area contributed by atoms with Crippen LogP contribution in [0.1, 0.15) is 11.3 Å². The van der Waals surface area contributed by atoms with Crippen molar-refractivity contribution >= 4 is 5.91 Å². The zero-order chi connectivity index (χ0) is 23.9. The molecule has 0 radical (unpaired) electrons. The number of nitrogens with zero attached hydrogens (tertiary/aromatic N) is 4. The summed E-state index contributed by atoms with van der Waals surface area (Å²) in [4.78, 5) is 30.7. The molecule has 10 heteroatoms. The Morgan fingerprint density at radius 1 is 1.03 bits per heavy atom. The van der Waals surface area contributed by atoms with Crippen molar-refractivity contribution in [1.29, 1.82) is 0 Å². The van der Waals surface area contributed by atoms with Gasteiger partial charge in [0.05, 0.1) is 18.7 Å². The molecule has 1 aromatic carbocycles. The lowest BCUT2D eigenvalue weighted by Crippen LogP contribution is -2.35. The van der Waals surface area contributed by atoms with Gasteiger partial charge < -0.3 is 9.64 Å². The van der Waals surface area contributed by atoms with Crippen molar-refractivity contribution in [2.75, 3.05) is 19.7 Å². The van der Waals surface area contributed by atoms with Crippen molar-refractivity contribution in [1.82, 2.24) is 19.7 Å². The molecule has 3 aromatic rings. The molecule has 0 bridgehead atoms. The summed E-state index contributed by atoms with van der Waals surface area (Å²) in [6.45, 7) is 1.17. The summed E-state index contributed by atoms with van der Waals surface area (Å²) in [5.41, 5.74) is -0.388. The second-order valence-electron chi connectivity index (χ2n) is 8.53. The molecule has 0 spiro atoms. The monoisotopic (exact) mass is 470 g/mol. The van der Waals surface area contributed by atoms with Crippen molar-refractivity contribution < 1.29 is 22.7 Å². The van der Waals surface area contributed by atoms with Gasteiger partial charge in [0.25, 0.3) is 5.56 Å². The molecule has 1 amide bonds. The highest BCUT2D eigenvalue weighted by Crippen LogP contribution is 2.52. The minimum Gasteiger partial charge on any atom is -0.491 e. The van der Waals surface area contributed by atoms with Gasteiger partial charge in [0, 0.05) is 37.0 Å². The largest absolute Gasteiger partial charge is 0.491 e. The molecule has 3 atom stereocenters. The number of alkyl halides is 3. The van der Waals surface area contributed by atoms with Gasteiger partial charge in [0.1, 0.15) is 5.75 Å². The summed E-state index contributed by atoms with van der Waals surface area (Å²) in [5, 5.41) is 4.10. The Bertz CT molecular complexity index is 1250. The normalized spacial score (nSPS) is 21.3. The summed E-state index contributed by atoms with van der Waals surface area (Å²) in [6, 6.07) is 13.2. The first kappa shape index (κ1) is 22.1. The van der Waals surface area contributed by atoms with E-state index in [9.17, 15) is 22.8 Å². The van der Waals surface area contributed by atoms with Crippen molar-refractivity contribution in [3.63, 3.8) is 0 Å². The fourth-order valence-electron chi connectivity index (χ4n) is 4.62. The Kier molecular flexibility index (Phi) is 5.59. The molecule has 2 aromatic heterocycles. The highest BCUT2D eigenvalue weighted by Gasteiger charge is 2.56. The predicted molar refractivity (Wildman–Crippen MR) is 115 cm³/mol. The van der Waals surface area contributed by atoms with E-state index in [1.54, 1.807) is 35.2 Å². The van der Waals surface area contributed by atoms with E-state index in [0.717, 1.165) is 6.20 Å². The fourth-order valence-corrected chi connectivity index (χ4v) is 4.62. The van der Waals surface area contributed by atoms with Crippen LogP contribution in [0.3, 0.4) is 0 Å². The SMILES string of the molecule is O=C(Cc1ccnn(-c2ccccc2)c1=O)N1C[C@@H]2[C@H](COc3cccnc3C(F)(F)F)[C@@H]2C1. The quantitative estimate of drug-likeness (QED) is 0.554. The molecular formula is C24H21F3N4O3. The number of fused-ring (bicyclic) bond motifs is 1. The zero-order valence-electron chi connectivity index (χ0n) is 18.0. The second-order valence-corrected chi connectivity index (χ2v) is 8.53. The van der Waals surface area contributed by atoms with Crippen LogP contribution in [0.2, 0.25) is 0 Å². The molecule has 2 fully saturated rings. The third kappa shape index (κ3) is 4.27. The van der Waals surface area contributed by atoms with E-state index in [0.29, 0.717) is 24.3 Å². The van der Waals surface area contributed by atoms with Crippen LogP contribution in [0, 0.1) is 17.8 Å². The molecule has 1 aliphatic carbocycles. The van der Waals surface area contributed by atoms with E-state index in [-0.39, 0.29) is 48.0 Å². The molecule has 34 heavy (non-hydrogen) atoms. The van der Waals surface area contributed by atoms with Gasteiger partial charge in [-0.2, -0.15) is 23.0 Å². The molecule has 1 saturated carbocycles. The molecule has 176 valence electrons. The van der Waals surface area contributed by atoms with Gasteiger partial charge in [-0.25, -0.2) is 4.98 Å². The molecule has 3 heterocycles. The lowest BCUT2D eigenvalue weighted by Gasteiger charge is -2.20. The van der Waals surface area contributed by atoms with Gasteiger partial charge in [-0.3, -0.25) is 9.59 Å². The highest BCUT2D eigenvalue weighted by molar-refractivity contribution is 5.79. The summed E-state index contributed by atoms with van der Waals surface area (Å²) < 4.78 is 45.9. The van der Waals surface area contributed by atoms with Crippen LogP contribution >= 0.6 is 0 Å². The Morgan fingerprint density at radius 2 is 1.76 bits per heavy atom. The molecular weight excluding hydrogens is 449 g/mol. The molecule has 0 unspecified atom stereocenters. The maximum atomic E-state index is 13.1. The van der Waals surface area contributed by atoms with Crippen molar-refractivity contribution in [3.8, 4) is 11.4 Å². The number of carbonyl (C=O) groups excluding carboxylic acids is 1. The average molecular weight is 470 g/mol. The van der Waals surface area contributed by atoms with E-state index >= 15 is 0 Å². The number of hydrogen-bond acceptors (Lipinski definition) is 5. The third-order valence-corrected chi connectivity index (χ3v) is 6.46. The summed E-state index contributed by atoms with van der Waals surface area (Å²) in [6.07, 6.45) is -2.02. The van der Waals surface area contributed by atoms with Gasteiger partial charge >= 0.3 is 6.18 Å². The number of carbonyl (C=O) groups is 1. The zero-order valence-corrected chi connectivity index (χ0v) is 18.0. The number of halogens is 3. The number of likely N-dealkylation sites (tertiary alicyclic amines) is 1. The summed E-state index contributed by atoms with van der Waals surface area (Å²) in [7, 11) is 0. The van der Waals surface area contributed by atoms with E-state index in [4.69, 9.17) is 4.74 Å². The van der Waals surface area contributed by atoms with Crippen LogP contribution in [-0.4, -0.2) is 45.3 Å². The van der Waals surface area contributed by atoms with E-state index in [2.05, 4.69) is 10.1 Å². The molecule has 1 saturated heterocycles. The minimum absolute atomic E-state index is 0.0284. The number of para-hydroxylation sites is 1. The topological polar surface area (TPSA) is 77.3 Å². The van der Waals surface area contributed by atoms with Gasteiger partial charge in [-0.05, 0) is 42.2 Å². The minimum atomic E-state index is -4.58. The Hall–Kier alpha value is -3.69. The maximum absolute atomic E-state index is 13.1. The summed E-state index contributed by atoms with van der Waals surface area (Å²) >= 11 is 0. The standard InChI is InChI=1S/C24H21F3N4O3/c25-24(26,27)22-20(7-4-9-28-22)34-14-19-17-12-30(13-18(17)19)21(32)11-15-8-10-29-31(23(15)33)16-5-2-1-3-6-16/h1-10,17-19H,11-14H2/t17-,18+,19-. The number of rotatable bonds is 6. The van der Waals surface area contributed by atoms with E-state index in [1.807, 2.05) is 6.07 Å². The van der Waals surface area contributed by atoms with E-state index in [1.165, 1.54) is 23.0 Å². The van der Waals surface area contributed by atoms with Crippen molar-refractivity contribution in [2.24, 2.45) is 17.8 Å². The lowest BCUT2D eigenvalue weighted by atomic mass is 10.2. The number of amides is 1. The van der Waals surface area contributed by atoms with Gasteiger partial charge in [0.15, 0.2) is 5.69 Å². The van der Waals surface area contributed by atoms with Crippen LogP contribution in [0.5, 0.6) is 5.75 Å². The molecule has 7 nitrogen and oxygen atoms in total. The van der Waals surface area contributed by atoms with E-state index < -0.39 is 11.9 Å². The van der Waals surface area contributed by atoms with Gasteiger partial charge in [-0.15, -0.1) is 0 Å². The average Bonchev–Trinajstić information content (AvgIpc) is 3.27. The molecule has 2 aliphatic rings.